The smallest absolute Gasteiger partial charge is 0.214 e. The van der Waals surface area contributed by atoms with Gasteiger partial charge < -0.3 is 9.47 Å². The lowest BCUT2D eigenvalue weighted by Gasteiger charge is -2.22. The fourth-order valence-electron chi connectivity index (χ4n) is 1.95. The molecule has 0 radical (unpaired) electrons. The van der Waals surface area contributed by atoms with Gasteiger partial charge in [0.2, 0.25) is 5.95 Å². The quantitative estimate of drug-likeness (QED) is 0.770. The monoisotopic (exact) mass is 250 g/mol. The maximum Gasteiger partial charge on any atom is 0.214 e. The van der Waals surface area contributed by atoms with E-state index in [1.165, 1.54) is 18.6 Å². The minimum Gasteiger partial charge on any atom is -0.490 e. The Hall–Kier alpha value is -1.67. The van der Waals surface area contributed by atoms with E-state index in [0.717, 1.165) is 25.9 Å². The molecule has 1 saturated heterocycles. The van der Waals surface area contributed by atoms with Gasteiger partial charge in [0.25, 0.3) is 0 Å². The zero-order valence-electron chi connectivity index (χ0n) is 10.1. The molecular formula is C13H15FN2O2. The average molecular weight is 250 g/mol. The summed E-state index contributed by atoms with van der Waals surface area (Å²) in [6.45, 7) is 1.26. The van der Waals surface area contributed by atoms with Crippen molar-refractivity contribution in [2.75, 3.05) is 13.2 Å². The summed E-state index contributed by atoms with van der Waals surface area (Å²) in [7, 11) is 0. The van der Waals surface area contributed by atoms with E-state index in [0.29, 0.717) is 12.4 Å². The Balaban J connectivity index is 1.84. The Morgan fingerprint density at radius 3 is 3.11 bits per heavy atom. The predicted molar refractivity (Wildman–Crippen MR) is 62.6 cm³/mol. The molecule has 96 valence electrons. The van der Waals surface area contributed by atoms with Crippen LogP contribution in [0.5, 0.6) is 5.75 Å². The summed E-state index contributed by atoms with van der Waals surface area (Å²) in [6.07, 6.45) is 4.38. The van der Waals surface area contributed by atoms with Crippen LogP contribution >= 0.6 is 0 Å². The Kier molecular flexibility index (Phi) is 4.48. The molecule has 4 nitrogen and oxygen atoms in total. The van der Waals surface area contributed by atoms with E-state index in [4.69, 9.17) is 14.7 Å². The van der Waals surface area contributed by atoms with Crippen molar-refractivity contribution in [2.45, 2.75) is 31.8 Å². The Morgan fingerprint density at radius 2 is 2.39 bits per heavy atom. The van der Waals surface area contributed by atoms with E-state index >= 15 is 0 Å². The van der Waals surface area contributed by atoms with E-state index in [9.17, 15) is 4.39 Å². The number of halogens is 1. The number of hydrogen-bond donors (Lipinski definition) is 0. The summed E-state index contributed by atoms with van der Waals surface area (Å²) in [5, 5.41) is 8.81. The minimum atomic E-state index is -0.672. The van der Waals surface area contributed by atoms with E-state index in [-0.39, 0.29) is 11.8 Å². The first-order valence-electron chi connectivity index (χ1n) is 6.10. The van der Waals surface area contributed by atoms with Crippen LogP contribution in [0.25, 0.3) is 0 Å². The fourth-order valence-corrected chi connectivity index (χ4v) is 1.95. The summed E-state index contributed by atoms with van der Waals surface area (Å²) >= 11 is 0. The van der Waals surface area contributed by atoms with Gasteiger partial charge in [-0.15, -0.1) is 0 Å². The average Bonchev–Trinajstić information content (AvgIpc) is 2.41. The van der Waals surface area contributed by atoms with Crippen LogP contribution < -0.4 is 4.74 Å². The zero-order valence-corrected chi connectivity index (χ0v) is 10.1. The van der Waals surface area contributed by atoms with Crippen molar-refractivity contribution < 1.29 is 13.9 Å². The second-order valence-corrected chi connectivity index (χ2v) is 4.22. The molecule has 18 heavy (non-hydrogen) atoms. The molecule has 0 saturated carbocycles. The van der Waals surface area contributed by atoms with Crippen molar-refractivity contribution in [3.05, 3.63) is 23.8 Å². The second-order valence-electron chi connectivity index (χ2n) is 4.22. The van der Waals surface area contributed by atoms with Crippen molar-refractivity contribution in [2.24, 2.45) is 0 Å². The number of nitriles is 1. The normalized spacial score (nSPS) is 19.2. The fraction of sp³-hybridized carbons (Fsp3) is 0.538. The van der Waals surface area contributed by atoms with Crippen LogP contribution in [0, 0.1) is 17.3 Å². The summed E-state index contributed by atoms with van der Waals surface area (Å²) < 4.78 is 23.8. The third kappa shape index (κ3) is 3.41. The van der Waals surface area contributed by atoms with Gasteiger partial charge in [-0.3, -0.25) is 0 Å². The first kappa shape index (κ1) is 12.8. The second kappa shape index (κ2) is 6.31. The highest BCUT2D eigenvalue weighted by Gasteiger charge is 2.14. The summed E-state index contributed by atoms with van der Waals surface area (Å²) in [5.41, 5.74) is -0.0143. The van der Waals surface area contributed by atoms with Crippen LogP contribution in [0.15, 0.2) is 12.1 Å². The molecule has 0 aromatic carbocycles. The van der Waals surface area contributed by atoms with Gasteiger partial charge in [0.05, 0.1) is 12.7 Å². The minimum absolute atomic E-state index is 0.0143. The summed E-state index contributed by atoms with van der Waals surface area (Å²) in [5.74, 6) is -0.343. The van der Waals surface area contributed by atoms with Crippen LogP contribution in [0.3, 0.4) is 0 Å². The molecule has 0 bridgehead atoms. The molecule has 0 aliphatic carbocycles. The molecule has 2 rings (SSSR count). The van der Waals surface area contributed by atoms with Crippen molar-refractivity contribution >= 4 is 0 Å². The highest BCUT2D eigenvalue weighted by Crippen LogP contribution is 2.18. The molecular weight excluding hydrogens is 235 g/mol. The van der Waals surface area contributed by atoms with Gasteiger partial charge in [-0.05, 0) is 31.4 Å². The predicted octanol–water partition coefficient (Wildman–Crippen LogP) is 2.43. The molecule has 2 heterocycles. The van der Waals surface area contributed by atoms with Gasteiger partial charge in [0.1, 0.15) is 6.07 Å². The molecule has 0 N–H and O–H groups in total. The molecule has 1 aromatic heterocycles. The van der Waals surface area contributed by atoms with Crippen molar-refractivity contribution in [3.63, 3.8) is 0 Å². The van der Waals surface area contributed by atoms with E-state index in [1.807, 2.05) is 6.07 Å². The number of pyridine rings is 1. The van der Waals surface area contributed by atoms with Crippen LogP contribution in [0.4, 0.5) is 4.39 Å². The summed E-state index contributed by atoms with van der Waals surface area (Å²) in [4.78, 5) is 3.47. The molecule has 1 fully saturated rings. The third-order valence-electron chi connectivity index (χ3n) is 2.90. The van der Waals surface area contributed by atoms with Crippen LogP contribution in [0.2, 0.25) is 0 Å². The lowest BCUT2D eigenvalue weighted by Crippen LogP contribution is -2.21. The molecule has 5 heteroatoms. The van der Waals surface area contributed by atoms with Crippen molar-refractivity contribution in [1.29, 1.82) is 5.26 Å². The number of nitrogens with zero attached hydrogens (tertiary/aromatic N) is 2. The Labute approximate surface area is 105 Å². The van der Waals surface area contributed by atoms with Gasteiger partial charge in [-0.25, -0.2) is 4.98 Å². The SMILES string of the molecule is N#Cc1nc(F)ccc1OCCC1CCCCO1. The van der Waals surface area contributed by atoms with Gasteiger partial charge in [-0.1, -0.05) is 0 Å². The van der Waals surface area contributed by atoms with E-state index in [2.05, 4.69) is 4.98 Å². The van der Waals surface area contributed by atoms with Crippen LogP contribution in [-0.4, -0.2) is 24.3 Å². The van der Waals surface area contributed by atoms with Gasteiger partial charge in [0.15, 0.2) is 11.4 Å². The molecule has 1 unspecified atom stereocenters. The maximum absolute atomic E-state index is 12.8. The van der Waals surface area contributed by atoms with Crippen molar-refractivity contribution in [1.82, 2.24) is 4.98 Å². The first-order valence-corrected chi connectivity index (χ1v) is 6.10. The highest BCUT2D eigenvalue weighted by atomic mass is 19.1. The topological polar surface area (TPSA) is 55.1 Å². The lowest BCUT2D eigenvalue weighted by molar-refractivity contribution is 0.00400. The van der Waals surface area contributed by atoms with E-state index < -0.39 is 5.95 Å². The van der Waals surface area contributed by atoms with Crippen LogP contribution in [0.1, 0.15) is 31.4 Å². The standard InChI is InChI=1S/C13H15FN2O2/c14-13-5-4-12(11(9-15)16-13)18-8-6-10-3-1-2-7-17-10/h4-5,10H,1-3,6-8H2. The number of ether oxygens (including phenoxy) is 2. The lowest BCUT2D eigenvalue weighted by atomic mass is 10.1. The number of rotatable bonds is 4. The third-order valence-corrected chi connectivity index (χ3v) is 2.90. The van der Waals surface area contributed by atoms with Gasteiger partial charge in [-0.2, -0.15) is 9.65 Å². The highest BCUT2D eigenvalue weighted by molar-refractivity contribution is 5.36. The largest absolute Gasteiger partial charge is 0.490 e. The Morgan fingerprint density at radius 1 is 1.50 bits per heavy atom. The summed E-state index contributed by atoms with van der Waals surface area (Å²) in [6, 6.07) is 4.44. The van der Waals surface area contributed by atoms with E-state index in [1.54, 1.807) is 0 Å². The van der Waals surface area contributed by atoms with Gasteiger partial charge >= 0.3 is 0 Å². The zero-order chi connectivity index (χ0) is 12.8. The van der Waals surface area contributed by atoms with Crippen molar-refractivity contribution in [3.8, 4) is 11.8 Å². The first-order chi connectivity index (χ1) is 8.79. The molecule has 1 aromatic rings. The maximum atomic E-state index is 12.8. The van der Waals surface area contributed by atoms with Gasteiger partial charge in [0, 0.05) is 13.0 Å². The molecule has 1 atom stereocenters. The molecule has 0 amide bonds. The molecule has 1 aliphatic rings. The number of aromatic nitrogens is 1. The number of hydrogen-bond acceptors (Lipinski definition) is 4. The molecule has 0 spiro atoms. The Bertz CT molecular complexity index is 439. The molecule has 1 aliphatic heterocycles. The van der Waals surface area contributed by atoms with Crippen LogP contribution in [-0.2, 0) is 4.74 Å².